The highest BCUT2D eigenvalue weighted by Crippen LogP contribution is 2.15. The molecule has 1 N–H and O–H groups in total. The molecule has 6 heteroatoms. The molecule has 1 aliphatic rings. The van der Waals surface area contributed by atoms with Crippen molar-refractivity contribution in [2.24, 2.45) is 0 Å². The molecule has 0 unspecified atom stereocenters. The first-order valence-electron chi connectivity index (χ1n) is 10.6. The van der Waals surface area contributed by atoms with Crippen molar-refractivity contribution < 1.29 is 18.7 Å². The highest BCUT2D eigenvalue weighted by Gasteiger charge is 2.23. The third-order valence-electron chi connectivity index (χ3n) is 5.30. The summed E-state index contributed by atoms with van der Waals surface area (Å²) in [6.45, 7) is 1.70. The summed E-state index contributed by atoms with van der Waals surface area (Å²) in [7, 11) is 0. The fraction of sp³-hybridized carbons (Fsp3) is 0.417. The van der Waals surface area contributed by atoms with Gasteiger partial charge in [0.2, 0.25) is 11.8 Å². The number of benzene rings is 2. The van der Waals surface area contributed by atoms with Crippen LogP contribution in [0.4, 0.5) is 4.39 Å². The Kier molecular flexibility index (Phi) is 8.24. The number of amides is 2. The average molecular weight is 413 g/mol. The number of ether oxygens (including phenoxy) is 1. The van der Waals surface area contributed by atoms with Crippen molar-refractivity contribution in [2.45, 2.75) is 44.6 Å². The van der Waals surface area contributed by atoms with E-state index in [2.05, 4.69) is 5.32 Å². The van der Waals surface area contributed by atoms with Crippen LogP contribution in [0.15, 0.2) is 54.6 Å². The van der Waals surface area contributed by atoms with Gasteiger partial charge in [0.05, 0.1) is 6.61 Å². The second-order valence-corrected chi connectivity index (χ2v) is 7.62. The minimum atomic E-state index is -0.335. The summed E-state index contributed by atoms with van der Waals surface area (Å²) in [5.41, 5.74) is 1.16. The Morgan fingerprint density at radius 3 is 2.53 bits per heavy atom. The first kappa shape index (κ1) is 21.8. The third-order valence-corrected chi connectivity index (χ3v) is 5.30. The highest BCUT2D eigenvalue weighted by molar-refractivity contribution is 5.77. The lowest BCUT2D eigenvalue weighted by Gasteiger charge is -2.32. The van der Waals surface area contributed by atoms with Crippen LogP contribution in [0.3, 0.4) is 0 Å². The molecule has 30 heavy (non-hydrogen) atoms. The first-order chi connectivity index (χ1) is 14.6. The standard InChI is InChI=1S/C24H29FN2O3/c25-20-8-4-9-22(18-20)30-17-5-10-24(29)27-15-13-21(14-16-27)26-23(28)12-11-19-6-2-1-3-7-19/h1-4,6-9,18,21H,5,10-17H2,(H,26,28). The van der Waals surface area contributed by atoms with Crippen molar-refractivity contribution in [1.29, 1.82) is 0 Å². The molecule has 0 radical (unpaired) electrons. The Hall–Kier alpha value is -2.89. The Morgan fingerprint density at radius 2 is 1.80 bits per heavy atom. The summed E-state index contributed by atoms with van der Waals surface area (Å²) in [6.07, 6.45) is 3.77. The molecule has 1 saturated heterocycles. The quantitative estimate of drug-likeness (QED) is 0.639. The monoisotopic (exact) mass is 412 g/mol. The summed E-state index contributed by atoms with van der Waals surface area (Å²) in [4.78, 5) is 26.4. The van der Waals surface area contributed by atoms with Crippen LogP contribution in [0.5, 0.6) is 5.75 Å². The lowest BCUT2D eigenvalue weighted by atomic mass is 10.0. The molecule has 1 heterocycles. The molecule has 0 aliphatic carbocycles. The fourth-order valence-electron chi connectivity index (χ4n) is 3.60. The topological polar surface area (TPSA) is 58.6 Å². The second-order valence-electron chi connectivity index (χ2n) is 7.62. The number of carbonyl (C=O) groups is 2. The summed E-state index contributed by atoms with van der Waals surface area (Å²) in [5.74, 6) is 0.315. The van der Waals surface area contributed by atoms with Gasteiger partial charge in [-0.15, -0.1) is 0 Å². The highest BCUT2D eigenvalue weighted by atomic mass is 19.1. The number of carbonyl (C=O) groups excluding carboxylic acids is 2. The number of hydrogen-bond acceptors (Lipinski definition) is 3. The molecule has 160 valence electrons. The van der Waals surface area contributed by atoms with E-state index in [1.54, 1.807) is 12.1 Å². The van der Waals surface area contributed by atoms with Crippen molar-refractivity contribution in [3.63, 3.8) is 0 Å². The SMILES string of the molecule is O=C(CCc1ccccc1)NC1CCN(C(=O)CCCOc2cccc(F)c2)CC1. The van der Waals surface area contributed by atoms with Gasteiger partial charge in [0.15, 0.2) is 0 Å². The molecule has 3 rings (SSSR count). The van der Waals surface area contributed by atoms with E-state index in [0.29, 0.717) is 44.7 Å². The Balaban J connectivity index is 1.28. The lowest BCUT2D eigenvalue weighted by Crippen LogP contribution is -2.46. The van der Waals surface area contributed by atoms with E-state index < -0.39 is 0 Å². The smallest absolute Gasteiger partial charge is 0.222 e. The molecule has 0 atom stereocenters. The van der Waals surface area contributed by atoms with Gasteiger partial charge in [-0.3, -0.25) is 9.59 Å². The number of aryl methyl sites for hydroxylation is 1. The van der Waals surface area contributed by atoms with Crippen LogP contribution < -0.4 is 10.1 Å². The van der Waals surface area contributed by atoms with E-state index in [0.717, 1.165) is 24.8 Å². The normalized spacial score (nSPS) is 14.4. The Morgan fingerprint density at radius 1 is 1.03 bits per heavy atom. The predicted molar refractivity (Wildman–Crippen MR) is 114 cm³/mol. The third kappa shape index (κ3) is 7.17. The first-order valence-corrected chi connectivity index (χ1v) is 10.6. The molecule has 1 fully saturated rings. The van der Waals surface area contributed by atoms with Crippen molar-refractivity contribution in [3.05, 3.63) is 66.0 Å². The zero-order chi connectivity index (χ0) is 21.2. The number of hydrogen-bond donors (Lipinski definition) is 1. The molecule has 0 aromatic heterocycles. The average Bonchev–Trinajstić information content (AvgIpc) is 2.76. The van der Waals surface area contributed by atoms with Gasteiger partial charge in [-0.05, 0) is 43.4 Å². The zero-order valence-electron chi connectivity index (χ0n) is 17.2. The number of nitrogens with zero attached hydrogens (tertiary/aromatic N) is 1. The van der Waals surface area contributed by atoms with Gasteiger partial charge in [0, 0.05) is 38.0 Å². The molecule has 2 aromatic rings. The largest absolute Gasteiger partial charge is 0.493 e. The molecule has 0 spiro atoms. The molecule has 0 saturated carbocycles. The van der Waals surface area contributed by atoms with Gasteiger partial charge in [0.1, 0.15) is 11.6 Å². The maximum atomic E-state index is 13.1. The van der Waals surface area contributed by atoms with Crippen molar-refractivity contribution in [2.75, 3.05) is 19.7 Å². The van der Waals surface area contributed by atoms with Gasteiger partial charge in [-0.1, -0.05) is 36.4 Å². The van der Waals surface area contributed by atoms with E-state index in [1.165, 1.54) is 12.1 Å². The van der Waals surface area contributed by atoms with E-state index in [-0.39, 0.29) is 23.7 Å². The minimum Gasteiger partial charge on any atom is -0.493 e. The molecule has 0 bridgehead atoms. The number of nitrogens with one attached hydrogen (secondary N) is 1. The maximum absolute atomic E-state index is 13.1. The van der Waals surface area contributed by atoms with Gasteiger partial charge < -0.3 is 15.0 Å². The minimum absolute atomic E-state index is 0.0677. The zero-order valence-corrected chi connectivity index (χ0v) is 17.2. The molecular formula is C24H29FN2O3. The summed E-state index contributed by atoms with van der Waals surface area (Å²) < 4.78 is 18.6. The van der Waals surface area contributed by atoms with Crippen molar-refractivity contribution in [3.8, 4) is 5.75 Å². The van der Waals surface area contributed by atoms with Crippen LogP contribution in [-0.2, 0) is 16.0 Å². The fourth-order valence-corrected chi connectivity index (χ4v) is 3.60. The van der Waals surface area contributed by atoms with E-state index in [9.17, 15) is 14.0 Å². The Bertz CT molecular complexity index is 820. The van der Waals surface area contributed by atoms with Gasteiger partial charge in [-0.25, -0.2) is 4.39 Å². The van der Waals surface area contributed by atoms with Crippen LogP contribution >= 0.6 is 0 Å². The predicted octanol–water partition coefficient (Wildman–Crippen LogP) is 3.72. The summed E-state index contributed by atoms with van der Waals surface area (Å²) in [6, 6.07) is 16.1. The van der Waals surface area contributed by atoms with E-state index >= 15 is 0 Å². The molecule has 1 aliphatic heterocycles. The van der Waals surface area contributed by atoms with Gasteiger partial charge in [-0.2, -0.15) is 0 Å². The van der Waals surface area contributed by atoms with Crippen molar-refractivity contribution in [1.82, 2.24) is 10.2 Å². The van der Waals surface area contributed by atoms with Crippen LogP contribution in [0.25, 0.3) is 0 Å². The molecule has 2 amide bonds. The van der Waals surface area contributed by atoms with Crippen LogP contribution in [-0.4, -0.2) is 42.5 Å². The van der Waals surface area contributed by atoms with Gasteiger partial charge >= 0.3 is 0 Å². The lowest BCUT2D eigenvalue weighted by molar-refractivity contribution is -0.132. The van der Waals surface area contributed by atoms with Crippen LogP contribution in [0.1, 0.15) is 37.7 Å². The number of piperidine rings is 1. The summed E-state index contributed by atoms with van der Waals surface area (Å²) >= 11 is 0. The van der Waals surface area contributed by atoms with Crippen molar-refractivity contribution >= 4 is 11.8 Å². The molecule has 5 nitrogen and oxygen atoms in total. The number of likely N-dealkylation sites (tertiary alicyclic amines) is 1. The number of halogens is 1. The number of rotatable bonds is 9. The van der Waals surface area contributed by atoms with Gasteiger partial charge in [0.25, 0.3) is 0 Å². The maximum Gasteiger partial charge on any atom is 0.222 e. The van der Waals surface area contributed by atoms with E-state index in [4.69, 9.17) is 4.74 Å². The van der Waals surface area contributed by atoms with Crippen LogP contribution in [0, 0.1) is 5.82 Å². The van der Waals surface area contributed by atoms with Crippen LogP contribution in [0.2, 0.25) is 0 Å². The molecular weight excluding hydrogens is 383 g/mol. The molecule has 2 aromatic carbocycles. The second kappa shape index (κ2) is 11.3. The van der Waals surface area contributed by atoms with E-state index in [1.807, 2.05) is 35.2 Å². The Labute approximate surface area is 177 Å². The summed E-state index contributed by atoms with van der Waals surface area (Å²) in [5, 5.41) is 3.10.